The molecule has 4 nitrogen and oxygen atoms in total. The standard InChI is InChI=1S/C13H19NO3/c1-14(9-3-2-4-10-15)13(17)11-5-7-12(16)8-6-11/h5-8,15-16H,2-4,9-10H2,1H3. The molecule has 4 heteroatoms. The van der Waals surface area contributed by atoms with Crippen molar-refractivity contribution in [3.05, 3.63) is 29.8 Å². The van der Waals surface area contributed by atoms with Crippen LogP contribution in [-0.2, 0) is 0 Å². The first-order valence-electron chi connectivity index (χ1n) is 5.80. The van der Waals surface area contributed by atoms with Gasteiger partial charge in [-0.1, -0.05) is 0 Å². The summed E-state index contributed by atoms with van der Waals surface area (Å²) in [7, 11) is 1.76. The average molecular weight is 237 g/mol. The minimum absolute atomic E-state index is 0.0472. The first kappa shape index (κ1) is 13.5. The highest BCUT2D eigenvalue weighted by atomic mass is 16.3. The second-order valence-electron chi connectivity index (χ2n) is 4.06. The Kier molecular flexibility index (Phi) is 5.49. The van der Waals surface area contributed by atoms with E-state index in [0.717, 1.165) is 19.3 Å². The maximum Gasteiger partial charge on any atom is 0.253 e. The molecule has 0 aliphatic heterocycles. The molecule has 0 fully saturated rings. The highest BCUT2D eigenvalue weighted by Gasteiger charge is 2.10. The lowest BCUT2D eigenvalue weighted by atomic mass is 10.2. The third-order valence-electron chi connectivity index (χ3n) is 2.61. The first-order chi connectivity index (χ1) is 8.15. The molecular formula is C13H19NO3. The smallest absolute Gasteiger partial charge is 0.253 e. The van der Waals surface area contributed by atoms with Crippen molar-refractivity contribution in [3.8, 4) is 5.75 Å². The number of aliphatic hydroxyl groups excluding tert-OH is 1. The van der Waals surface area contributed by atoms with Crippen LogP contribution in [0.25, 0.3) is 0 Å². The zero-order valence-electron chi connectivity index (χ0n) is 10.1. The zero-order valence-corrected chi connectivity index (χ0v) is 10.1. The fraction of sp³-hybridized carbons (Fsp3) is 0.462. The third kappa shape index (κ3) is 4.44. The monoisotopic (exact) mass is 237 g/mol. The number of aromatic hydroxyl groups is 1. The Bertz CT molecular complexity index is 348. The van der Waals surface area contributed by atoms with Gasteiger partial charge in [-0.15, -0.1) is 0 Å². The molecule has 1 aromatic carbocycles. The van der Waals surface area contributed by atoms with Gasteiger partial charge in [-0.3, -0.25) is 4.79 Å². The van der Waals surface area contributed by atoms with Crippen LogP contribution in [0.3, 0.4) is 0 Å². The van der Waals surface area contributed by atoms with Crippen LogP contribution in [0.15, 0.2) is 24.3 Å². The van der Waals surface area contributed by atoms with Crippen LogP contribution in [0.2, 0.25) is 0 Å². The lowest BCUT2D eigenvalue weighted by Gasteiger charge is -2.17. The Balaban J connectivity index is 2.43. The fourth-order valence-corrected chi connectivity index (χ4v) is 1.56. The van der Waals surface area contributed by atoms with Gasteiger partial charge in [0.25, 0.3) is 5.91 Å². The molecule has 0 atom stereocenters. The summed E-state index contributed by atoms with van der Waals surface area (Å²) in [6, 6.07) is 6.24. The van der Waals surface area contributed by atoms with Gasteiger partial charge in [-0.2, -0.15) is 0 Å². The van der Waals surface area contributed by atoms with Gasteiger partial charge in [-0.25, -0.2) is 0 Å². The van der Waals surface area contributed by atoms with E-state index in [1.165, 1.54) is 12.1 Å². The van der Waals surface area contributed by atoms with Crippen LogP contribution in [0, 0.1) is 0 Å². The van der Waals surface area contributed by atoms with Gasteiger partial charge in [0.15, 0.2) is 0 Å². The van der Waals surface area contributed by atoms with E-state index in [1.54, 1.807) is 24.1 Å². The normalized spacial score (nSPS) is 10.2. The van der Waals surface area contributed by atoms with Crippen LogP contribution in [-0.4, -0.2) is 41.2 Å². The van der Waals surface area contributed by atoms with Crippen molar-refractivity contribution in [1.29, 1.82) is 0 Å². The van der Waals surface area contributed by atoms with E-state index in [9.17, 15) is 4.79 Å². The van der Waals surface area contributed by atoms with E-state index in [2.05, 4.69) is 0 Å². The summed E-state index contributed by atoms with van der Waals surface area (Å²) in [5, 5.41) is 17.8. The molecule has 0 unspecified atom stereocenters. The van der Waals surface area contributed by atoms with Gasteiger partial charge in [0.1, 0.15) is 5.75 Å². The highest BCUT2D eigenvalue weighted by molar-refractivity contribution is 5.94. The molecule has 0 bridgehead atoms. The molecule has 0 saturated heterocycles. The van der Waals surface area contributed by atoms with Crippen molar-refractivity contribution >= 4 is 5.91 Å². The molecule has 0 aromatic heterocycles. The number of benzene rings is 1. The van der Waals surface area contributed by atoms with Crippen molar-refractivity contribution in [2.24, 2.45) is 0 Å². The number of phenolic OH excluding ortho intramolecular Hbond substituents is 1. The Morgan fingerprint density at radius 2 is 1.82 bits per heavy atom. The van der Waals surface area contributed by atoms with Gasteiger partial charge in [0.2, 0.25) is 0 Å². The van der Waals surface area contributed by atoms with E-state index >= 15 is 0 Å². The number of carbonyl (C=O) groups is 1. The predicted molar refractivity (Wildman–Crippen MR) is 66.0 cm³/mol. The molecule has 17 heavy (non-hydrogen) atoms. The van der Waals surface area contributed by atoms with Crippen molar-refractivity contribution in [1.82, 2.24) is 4.90 Å². The number of phenols is 1. The molecule has 0 spiro atoms. The Labute approximate surface area is 101 Å². The van der Waals surface area contributed by atoms with Gasteiger partial charge in [0, 0.05) is 25.8 Å². The third-order valence-corrected chi connectivity index (χ3v) is 2.61. The summed E-state index contributed by atoms with van der Waals surface area (Å²) in [4.78, 5) is 13.6. The maximum atomic E-state index is 11.9. The molecule has 0 heterocycles. The molecule has 2 N–H and O–H groups in total. The number of nitrogens with zero attached hydrogens (tertiary/aromatic N) is 1. The van der Waals surface area contributed by atoms with Crippen molar-refractivity contribution in [2.45, 2.75) is 19.3 Å². The first-order valence-corrected chi connectivity index (χ1v) is 5.80. The van der Waals surface area contributed by atoms with Crippen LogP contribution in [0.4, 0.5) is 0 Å². The van der Waals surface area contributed by atoms with Gasteiger partial charge < -0.3 is 15.1 Å². The van der Waals surface area contributed by atoms with Crippen molar-refractivity contribution in [3.63, 3.8) is 0 Å². The van der Waals surface area contributed by atoms with Gasteiger partial charge in [-0.05, 0) is 43.5 Å². The molecule has 1 amide bonds. The summed E-state index contributed by atoms with van der Waals surface area (Å²) in [6.45, 7) is 0.884. The topological polar surface area (TPSA) is 60.8 Å². The Morgan fingerprint density at radius 3 is 2.41 bits per heavy atom. The number of aliphatic hydroxyl groups is 1. The SMILES string of the molecule is CN(CCCCCO)C(=O)c1ccc(O)cc1. The maximum absolute atomic E-state index is 11.9. The van der Waals surface area contributed by atoms with E-state index in [4.69, 9.17) is 10.2 Å². The summed E-state index contributed by atoms with van der Waals surface area (Å²) < 4.78 is 0. The number of rotatable bonds is 6. The van der Waals surface area contributed by atoms with Gasteiger partial charge >= 0.3 is 0 Å². The molecule has 1 rings (SSSR count). The molecule has 0 aliphatic rings. The largest absolute Gasteiger partial charge is 0.508 e. The number of hydrogen-bond acceptors (Lipinski definition) is 3. The van der Waals surface area contributed by atoms with E-state index in [0.29, 0.717) is 12.1 Å². The summed E-state index contributed by atoms with van der Waals surface area (Å²) >= 11 is 0. The molecule has 94 valence electrons. The second kappa shape index (κ2) is 6.91. The summed E-state index contributed by atoms with van der Waals surface area (Å²) in [5.74, 6) is 0.112. The van der Waals surface area contributed by atoms with E-state index in [1.807, 2.05) is 0 Å². The summed E-state index contributed by atoms with van der Waals surface area (Å²) in [6.07, 6.45) is 2.59. The van der Waals surface area contributed by atoms with Crippen LogP contribution >= 0.6 is 0 Å². The quantitative estimate of drug-likeness (QED) is 0.739. The molecule has 1 aromatic rings. The average Bonchev–Trinajstić information content (AvgIpc) is 2.34. The van der Waals surface area contributed by atoms with E-state index in [-0.39, 0.29) is 18.3 Å². The number of amides is 1. The lowest BCUT2D eigenvalue weighted by Crippen LogP contribution is -2.27. The second-order valence-corrected chi connectivity index (χ2v) is 4.06. The van der Waals surface area contributed by atoms with E-state index < -0.39 is 0 Å². The van der Waals surface area contributed by atoms with Crippen LogP contribution in [0.1, 0.15) is 29.6 Å². The Hall–Kier alpha value is -1.55. The van der Waals surface area contributed by atoms with Crippen LogP contribution < -0.4 is 0 Å². The molecular weight excluding hydrogens is 218 g/mol. The molecule has 0 saturated carbocycles. The van der Waals surface area contributed by atoms with Crippen molar-refractivity contribution in [2.75, 3.05) is 20.2 Å². The fourth-order valence-electron chi connectivity index (χ4n) is 1.56. The number of hydrogen-bond donors (Lipinski definition) is 2. The zero-order chi connectivity index (χ0) is 12.7. The number of unbranched alkanes of at least 4 members (excludes halogenated alkanes) is 2. The highest BCUT2D eigenvalue weighted by Crippen LogP contribution is 2.11. The van der Waals surface area contributed by atoms with Crippen molar-refractivity contribution < 1.29 is 15.0 Å². The molecule has 0 radical (unpaired) electrons. The predicted octanol–water partition coefficient (Wildman–Crippen LogP) is 1.63. The minimum atomic E-state index is -0.0472. The lowest BCUT2D eigenvalue weighted by molar-refractivity contribution is 0.0792. The number of carbonyl (C=O) groups excluding carboxylic acids is 1. The minimum Gasteiger partial charge on any atom is -0.508 e. The molecule has 0 aliphatic carbocycles. The van der Waals surface area contributed by atoms with Crippen LogP contribution in [0.5, 0.6) is 5.75 Å². The summed E-state index contributed by atoms with van der Waals surface area (Å²) in [5.41, 5.74) is 0.576. The Morgan fingerprint density at radius 1 is 1.18 bits per heavy atom. The van der Waals surface area contributed by atoms with Gasteiger partial charge in [0.05, 0.1) is 0 Å².